The minimum Gasteiger partial charge on any atom is -0.382 e. The van der Waals surface area contributed by atoms with Gasteiger partial charge in [-0.15, -0.1) is 6.42 Å². The molecule has 7 nitrogen and oxygen atoms in total. The number of benzene rings is 1. The summed E-state index contributed by atoms with van der Waals surface area (Å²) in [5.74, 6) is 3.65. The Morgan fingerprint density at radius 2 is 2.03 bits per heavy atom. The molecule has 1 aliphatic heterocycles. The summed E-state index contributed by atoms with van der Waals surface area (Å²) in [6, 6.07) is 7.89. The average molecular weight is 507 g/mol. The van der Waals surface area contributed by atoms with Crippen LogP contribution in [0.3, 0.4) is 0 Å². The molecule has 0 bridgehead atoms. The molecule has 1 spiro atoms. The van der Waals surface area contributed by atoms with E-state index in [0.717, 1.165) is 37.9 Å². The molecular weight excluding hydrogens is 480 g/mol. The molecular formula is C26H27ClN6OS. The Morgan fingerprint density at radius 3 is 2.74 bits per heavy atom. The van der Waals surface area contributed by atoms with Crippen molar-refractivity contribution in [1.29, 1.82) is 0 Å². The Balaban J connectivity index is 1.36. The molecule has 1 atom stereocenters. The third-order valence-corrected chi connectivity index (χ3v) is 8.87. The third kappa shape index (κ3) is 4.08. The van der Waals surface area contributed by atoms with Crippen LogP contribution in [-0.2, 0) is 13.0 Å². The van der Waals surface area contributed by atoms with Crippen LogP contribution >= 0.6 is 23.4 Å². The molecule has 3 heterocycles. The number of hydrogen-bond donors (Lipinski definition) is 2. The van der Waals surface area contributed by atoms with Gasteiger partial charge in [0.25, 0.3) is 5.56 Å². The number of hydrogen-bond acceptors (Lipinski definition) is 7. The fourth-order valence-electron chi connectivity index (χ4n) is 5.31. The van der Waals surface area contributed by atoms with Gasteiger partial charge in [0, 0.05) is 42.3 Å². The summed E-state index contributed by atoms with van der Waals surface area (Å²) < 4.78 is 1.72. The number of piperidine rings is 1. The molecule has 9 heteroatoms. The Hall–Kier alpha value is -2.99. The van der Waals surface area contributed by atoms with Gasteiger partial charge in [0.05, 0.1) is 16.1 Å². The number of anilines is 2. The predicted molar refractivity (Wildman–Crippen MR) is 141 cm³/mol. The van der Waals surface area contributed by atoms with E-state index in [1.54, 1.807) is 23.0 Å². The van der Waals surface area contributed by atoms with Crippen molar-refractivity contribution in [3.05, 3.63) is 68.7 Å². The Morgan fingerprint density at radius 1 is 1.26 bits per heavy atom. The first-order valence-electron chi connectivity index (χ1n) is 11.6. The molecule has 5 rings (SSSR count). The van der Waals surface area contributed by atoms with E-state index in [1.165, 1.54) is 22.9 Å². The SMILES string of the molecule is C#Cc1ccc2c(c1)[C@@H](N)C1(CCN(c3ncc(Sc4ccnc(N)c4Cl)c(=O)n3CC)CC1)C2. The van der Waals surface area contributed by atoms with Crippen LogP contribution in [0, 0.1) is 17.8 Å². The Labute approximate surface area is 213 Å². The molecule has 0 amide bonds. The first-order chi connectivity index (χ1) is 16.9. The van der Waals surface area contributed by atoms with Crippen molar-refractivity contribution < 1.29 is 0 Å². The summed E-state index contributed by atoms with van der Waals surface area (Å²) in [7, 11) is 0. The minimum absolute atomic E-state index is 0.0111. The van der Waals surface area contributed by atoms with Crippen LogP contribution in [0.25, 0.3) is 0 Å². The van der Waals surface area contributed by atoms with E-state index in [9.17, 15) is 4.79 Å². The van der Waals surface area contributed by atoms with E-state index in [1.807, 2.05) is 13.0 Å². The van der Waals surface area contributed by atoms with Gasteiger partial charge in [-0.3, -0.25) is 9.36 Å². The number of nitrogens with zero attached hydrogens (tertiary/aromatic N) is 4. The van der Waals surface area contributed by atoms with Gasteiger partial charge < -0.3 is 16.4 Å². The van der Waals surface area contributed by atoms with Crippen LogP contribution in [-0.4, -0.2) is 27.6 Å². The van der Waals surface area contributed by atoms with Crippen LogP contribution in [0.15, 0.2) is 51.2 Å². The maximum Gasteiger partial charge on any atom is 0.268 e. The number of rotatable bonds is 4. The standard InChI is InChI=1S/C26H27ClN6OS/c1-3-16-5-6-17-14-26(22(28)18(17)13-16)8-11-32(12-9-26)25-31-15-20(24(34)33(25)4-2)35-19-7-10-30-23(29)21(19)27/h1,5-7,10,13,15,22H,4,8-9,11-12,14,28H2,2H3,(H2,29,30)/t22-/m1/s1. The van der Waals surface area contributed by atoms with Gasteiger partial charge in [-0.1, -0.05) is 35.3 Å². The molecule has 0 unspecified atom stereocenters. The summed E-state index contributed by atoms with van der Waals surface area (Å²) in [6.07, 6.45) is 11.6. The summed E-state index contributed by atoms with van der Waals surface area (Å²) in [5.41, 5.74) is 15.8. The van der Waals surface area contributed by atoms with Crippen molar-refractivity contribution in [2.45, 2.75) is 48.6 Å². The summed E-state index contributed by atoms with van der Waals surface area (Å²) in [6.45, 7) is 4.05. The lowest BCUT2D eigenvalue weighted by molar-refractivity contribution is 0.186. The monoisotopic (exact) mass is 506 g/mol. The van der Waals surface area contributed by atoms with E-state index in [-0.39, 0.29) is 22.8 Å². The highest BCUT2D eigenvalue weighted by atomic mass is 35.5. The van der Waals surface area contributed by atoms with Gasteiger partial charge in [-0.2, -0.15) is 0 Å². The number of terminal acetylenes is 1. The van der Waals surface area contributed by atoms with Crippen LogP contribution in [0.2, 0.25) is 5.02 Å². The molecule has 0 saturated carbocycles. The molecule has 1 aliphatic carbocycles. The number of fused-ring (bicyclic) bond motifs is 1. The fourth-order valence-corrected chi connectivity index (χ4v) is 6.40. The van der Waals surface area contributed by atoms with Gasteiger partial charge in [0.15, 0.2) is 0 Å². The molecule has 1 aromatic carbocycles. The minimum atomic E-state index is -0.0963. The molecule has 1 saturated heterocycles. The normalized spacial score (nSPS) is 18.5. The van der Waals surface area contributed by atoms with Crippen molar-refractivity contribution >= 4 is 35.1 Å². The van der Waals surface area contributed by atoms with Crippen molar-refractivity contribution in [1.82, 2.24) is 14.5 Å². The Bertz CT molecular complexity index is 1390. The first kappa shape index (κ1) is 23.7. The third-order valence-electron chi connectivity index (χ3n) is 7.30. The zero-order chi connectivity index (χ0) is 24.7. The highest BCUT2D eigenvalue weighted by molar-refractivity contribution is 7.99. The number of aromatic nitrogens is 3. The van der Waals surface area contributed by atoms with Crippen molar-refractivity contribution in [2.75, 3.05) is 23.7 Å². The van der Waals surface area contributed by atoms with E-state index >= 15 is 0 Å². The predicted octanol–water partition coefficient (Wildman–Crippen LogP) is 3.87. The van der Waals surface area contributed by atoms with E-state index < -0.39 is 0 Å². The molecule has 1 fully saturated rings. The highest BCUT2D eigenvalue weighted by Crippen LogP contribution is 2.51. The summed E-state index contributed by atoms with van der Waals surface area (Å²) in [4.78, 5) is 25.4. The van der Waals surface area contributed by atoms with Crippen LogP contribution in [0.5, 0.6) is 0 Å². The number of nitrogen functional groups attached to an aromatic ring is 1. The molecule has 35 heavy (non-hydrogen) atoms. The van der Waals surface area contributed by atoms with Gasteiger partial charge in [0.1, 0.15) is 5.82 Å². The Kier molecular flexibility index (Phi) is 6.26. The maximum absolute atomic E-state index is 13.3. The zero-order valence-electron chi connectivity index (χ0n) is 19.5. The highest BCUT2D eigenvalue weighted by Gasteiger charge is 2.46. The molecule has 2 aliphatic rings. The second-order valence-electron chi connectivity index (χ2n) is 9.14. The summed E-state index contributed by atoms with van der Waals surface area (Å²) in [5, 5.41) is 0.341. The lowest BCUT2D eigenvalue weighted by Gasteiger charge is -2.42. The molecule has 2 aromatic heterocycles. The smallest absolute Gasteiger partial charge is 0.268 e. The molecule has 4 N–H and O–H groups in total. The lowest BCUT2D eigenvalue weighted by atomic mass is 9.73. The van der Waals surface area contributed by atoms with Gasteiger partial charge in [-0.05, 0) is 60.9 Å². The summed E-state index contributed by atoms with van der Waals surface area (Å²) >= 11 is 7.53. The second-order valence-corrected chi connectivity index (χ2v) is 10.6. The average Bonchev–Trinajstić information content (AvgIpc) is 3.13. The van der Waals surface area contributed by atoms with E-state index in [4.69, 9.17) is 34.5 Å². The van der Waals surface area contributed by atoms with Crippen LogP contribution < -0.4 is 21.9 Å². The van der Waals surface area contributed by atoms with Crippen molar-refractivity contribution in [2.24, 2.45) is 11.1 Å². The fraction of sp³-hybridized carbons (Fsp3) is 0.346. The van der Waals surface area contributed by atoms with Crippen molar-refractivity contribution in [3.8, 4) is 12.3 Å². The van der Waals surface area contributed by atoms with Gasteiger partial charge in [0.2, 0.25) is 5.95 Å². The lowest BCUT2D eigenvalue weighted by Crippen LogP contribution is -2.46. The van der Waals surface area contributed by atoms with Gasteiger partial charge >= 0.3 is 0 Å². The largest absolute Gasteiger partial charge is 0.382 e. The molecule has 180 valence electrons. The van der Waals surface area contributed by atoms with E-state index in [0.29, 0.717) is 27.3 Å². The molecule has 0 radical (unpaired) electrons. The molecule has 3 aromatic rings. The number of nitrogens with two attached hydrogens (primary N) is 2. The number of pyridine rings is 1. The number of halogens is 1. The topological polar surface area (TPSA) is 103 Å². The van der Waals surface area contributed by atoms with Crippen LogP contribution in [0.1, 0.15) is 42.5 Å². The van der Waals surface area contributed by atoms with Gasteiger partial charge in [-0.25, -0.2) is 9.97 Å². The maximum atomic E-state index is 13.3. The first-order valence-corrected chi connectivity index (χ1v) is 12.8. The van der Waals surface area contributed by atoms with Crippen molar-refractivity contribution in [3.63, 3.8) is 0 Å². The second kappa shape index (κ2) is 9.23. The zero-order valence-corrected chi connectivity index (χ0v) is 21.1. The van der Waals surface area contributed by atoms with E-state index in [2.05, 4.69) is 27.9 Å². The quantitative estimate of drug-likeness (QED) is 0.518. The van der Waals surface area contributed by atoms with Crippen LogP contribution in [0.4, 0.5) is 11.8 Å².